The van der Waals surface area contributed by atoms with Gasteiger partial charge in [-0.3, -0.25) is 4.57 Å². The summed E-state index contributed by atoms with van der Waals surface area (Å²) in [5.41, 5.74) is 0.721. The molecule has 0 aromatic heterocycles. The molecule has 2 saturated heterocycles. The average molecular weight is 630 g/mol. The van der Waals surface area contributed by atoms with Crippen LogP contribution in [0.4, 0.5) is 0 Å². The molecule has 0 N–H and O–H groups in total. The summed E-state index contributed by atoms with van der Waals surface area (Å²) < 4.78 is 46.7. The molecule has 2 fully saturated rings. The van der Waals surface area contributed by atoms with E-state index in [0.29, 0.717) is 0 Å². The van der Waals surface area contributed by atoms with Crippen molar-refractivity contribution < 1.29 is 41.9 Å². The maximum Gasteiger partial charge on any atom is 0.268 e. The first-order valence-corrected chi connectivity index (χ1v) is 18.0. The van der Waals surface area contributed by atoms with Gasteiger partial charge in [-0.15, -0.1) is 0 Å². The predicted molar refractivity (Wildman–Crippen MR) is 168 cm³/mol. The summed E-state index contributed by atoms with van der Waals surface area (Å²) in [6, 6.07) is 8.97. The van der Waals surface area contributed by atoms with Gasteiger partial charge in [-0.25, -0.2) is 0 Å². The Morgan fingerprint density at radius 1 is 0.860 bits per heavy atom. The number of benzene rings is 1. The van der Waals surface area contributed by atoms with Crippen LogP contribution in [0.5, 0.6) is 0 Å². The fourth-order valence-electron chi connectivity index (χ4n) is 5.80. The molecule has 0 aliphatic carbocycles. The molecule has 0 bridgehead atoms. The topological polar surface area (TPSA) is 95.5 Å². The van der Waals surface area contributed by atoms with Gasteiger partial charge < -0.3 is 37.4 Å². The average Bonchev–Trinajstić information content (AvgIpc) is 3.32. The minimum Gasteiger partial charge on any atom is -0.756 e. The van der Waals surface area contributed by atoms with Crippen LogP contribution in [0.25, 0.3) is 0 Å². The van der Waals surface area contributed by atoms with Crippen molar-refractivity contribution in [3.05, 3.63) is 35.9 Å². The standard InChI is InChI=1S/C17H25O8P.C16H36N/c1-11-13(14-15(16(20-4)22-11)24-17(2,3)23-14)25-26(18,19)21-10-12-8-6-5-7-9-12;1-5-9-13-17(14-10-6-2,15-11-7-3)16-12-8-4/h5-9,11,13-16H,10H2,1-4H3,(H,18,19);5-16H2,1-4H3/q;+1/p-1/t11-,13-,14+,15+,16+;/m0./s1. The van der Waals surface area contributed by atoms with Gasteiger partial charge in [-0.2, -0.15) is 0 Å². The number of quaternary nitrogens is 1. The fourth-order valence-corrected chi connectivity index (χ4v) is 6.76. The Bertz CT molecular complexity index is 895. The molecule has 2 heterocycles. The van der Waals surface area contributed by atoms with Crippen molar-refractivity contribution in [2.45, 2.75) is 143 Å². The normalized spacial score (nSPS) is 26.3. The zero-order valence-corrected chi connectivity index (χ0v) is 29.0. The van der Waals surface area contributed by atoms with E-state index in [2.05, 4.69) is 27.7 Å². The molecule has 2 aliphatic rings. The molecule has 0 spiro atoms. The van der Waals surface area contributed by atoms with E-state index >= 15 is 0 Å². The van der Waals surface area contributed by atoms with Crippen LogP contribution in [0.3, 0.4) is 0 Å². The van der Waals surface area contributed by atoms with Crippen LogP contribution < -0.4 is 4.89 Å². The molecule has 3 rings (SSSR count). The molecule has 1 aromatic carbocycles. The highest BCUT2D eigenvalue weighted by Crippen LogP contribution is 2.47. The molecular weight excluding hydrogens is 569 g/mol. The molecule has 1 aromatic rings. The Balaban J connectivity index is 0.000000332. The van der Waals surface area contributed by atoms with Gasteiger partial charge in [-0.05, 0) is 52.0 Å². The second kappa shape index (κ2) is 18.9. The fraction of sp³-hybridized carbons (Fsp3) is 0.818. The predicted octanol–water partition coefficient (Wildman–Crippen LogP) is 6.97. The van der Waals surface area contributed by atoms with Crippen LogP contribution in [0.2, 0.25) is 0 Å². The molecule has 1 unspecified atom stereocenters. The molecule has 0 amide bonds. The Morgan fingerprint density at radius 2 is 1.35 bits per heavy atom. The summed E-state index contributed by atoms with van der Waals surface area (Å²) in [7, 11) is -3.10. The van der Waals surface area contributed by atoms with Gasteiger partial charge in [0.15, 0.2) is 12.1 Å². The summed E-state index contributed by atoms with van der Waals surface area (Å²) in [4.78, 5) is 12.3. The van der Waals surface area contributed by atoms with Gasteiger partial charge in [0.1, 0.15) is 18.3 Å². The van der Waals surface area contributed by atoms with E-state index < -0.39 is 44.3 Å². The second-order valence-corrected chi connectivity index (χ2v) is 13.8. The molecule has 2 aliphatic heterocycles. The highest BCUT2D eigenvalue weighted by Gasteiger charge is 2.56. The third kappa shape index (κ3) is 12.8. The first-order valence-electron chi connectivity index (χ1n) is 16.5. The maximum atomic E-state index is 12.3. The number of methoxy groups -OCH3 is 1. The summed E-state index contributed by atoms with van der Waals surface area (Å²) in [5.74, 6) is -0.904. The minimum atomic E-state index is -4.59. The zero-order chi connectivity index (χ0) is 31.9. The maximum absolute atomic E-state index is 12.3. The second-order valence-electron chi connectivity index (χ2n) is 12.4. The minimum absolute atomic E-state index is 0.110. The Morgan fingerprint density at radius 3 is 1.81 bits per heavy atom. The lowest BCUT2D eigenvalue weighted by atomic mass is 10.0. The number of fused-ring (bicyclic) bond motifs is 1. The number of rotatable bonds is 18. The van der Waals surface area contributed by atoms with Crippen molar-refractivity contribution in [1.82, 2.24) is 0 Å². The van der Waals surface area contributed by atoms with E-state index in [1.165, 1.54) is 89.1 Å². The summed E-state index contributed by atoms with van der Waals surface area (Å²) in [6.07, 6.45) is 7.61. The molecular formula is C33H60NO8P. The van der Waals surface area contributed by atoms with Crippen molar-refractivity contribution in [3.63, 3.8) is 0 Å². The van der Waals surface area contributed by atoms with Crippen molar-refractivity contribution in [2.75, 3.05) is 33.3 Å². The largest absolute Gasteiger partial charge is 0.756 e. The van der Waals surface area contributed by atoms with E-state index in [-0.39, 0.29) is 6.61 Å². The van der Waals surface area contributed by atoms with Gasteiger partial charge in [0, 0.05) is 7.11 Å². The van der Waals surface area contributed by atoms with Crippen LogP contribution in [-0.2, 0) is 39.2 Å². The quantitative estimate of drug-likeness (QED) is 0.127. The molecule has 0 radical (unpaired) electrons. The number of ether oxygens (including phenoxy) is 4. The number of hydrogen-bond donors (Lipinski definition) is 0. The van der Waals surface area contributed by atoms with Gasteiger partial charge >= 0.3 is 0 Å². The first-order chi connectivity index (χ1) is 20.4. The number of phosphoric acid groups is 1. The smallest absolute Gasteiger partial charge is 0.268 e. The Kier molecular flexibility index (Phi) is 16.9. The van der Waals surface area contributed by atoms with Crippen molar-refractivity contribution in [2.24, 2.45) is 0 Å². The number of unbranched alkanes of at least 4 members (excludes halogenated alkanes) is 4. The molecule has 10 heteroatoms. The van der Waals surface area contributed by atoms with E-state index in [1.54, 1.807) is 45.0 Å². The molecule has 6 atom stereocenters. The van der Waals surface area contributed by atoms with Crippen LogP contribution >= 0.6 is 7.82 Å². The summed E-state index contributed by atoms with van der Waals surface area (Å²) in [5, 5.41) is 0. The molecule has 43 heavy (non-hydrogen) atoms. The van der Waals surface area contributed by atoms with Gasteiger partial charge in [0.25, 0.3) is 7.82 Å². The van der Waals surface area contributed by atoms with Gasteiger partial charge in [-0.1, -0.05) is 83.7 Å². The third-order valence-corrected chi connectivity index (χ3v) is 9.17. The lowest BCUT2D eigenvalue weighted by Gasteiger charge is -2.42. The molecule has 250 valence electrons. The number of nitrogens with zero attached hydrogens (tertiary/aromatic N) is 1. The van der Waals surface area contributed by atoms with Crippen LogP contribution in [0.15, 0.2) is 30.3 Å². The lowest BCUT2D eigenvalue weighted by molar-refractivity contribution is -0.929. The number of hydrogen-bond acceptors (Lipinski definition) is 8. The SMILES string of the molecule is CCCC[N+](CCCC)(CCCC)CCCC.CO[C@@H]1O[C@@H](C)[C@H](OP(=O)([O-])OCc2ccccc2)[C@H]2OC(C)(C)O[C@@H]12. The van der Waals surface area contributed by atoms with Crippen LogP contribution in [0.1, 0.15) is 105 Å². The van der Waals surface area contributed by atoms with Crippen molar-refractivity contribution >= 4 is 7.82 Å². The highest BCUT2D eigenvalue weighted by molar-refractivity contribution is 7.45. The van der Waals surface area contributed by atoms with E-state index in [9.17, 15) is 9.46 Å². The van der Waals surface area contributed by atoms with Crippen molar-refractivity contribution in [3.8, 4) is 0 Å². The molecule has 0 saturated carbocycles. The van der Waals surface area contributed by atoms with E-state index in [4.69, 9.17) is 28.0 Å². The third-order valence-electron chi connectivity index (χ3n) is 8.23. The monoisotopic (exact) mass is 629 g/mol. The Hall–Kier alpha value is -0.870. The van der Waals surface area contributed by atoms with E-state index in [1.807, 2.05) is 6.07 Å². The van der Waals surface area contributed by atoms with Crippen LogP contribution in [-0.4, -0.2) is 74.3 Å². The Labute approximate surface area is 261 Å². The zero-order valence-electron chi connectivity index (χ0n) is 28.1. The summed E-state index contributed by atoms with van der Waals surface area (Å²) in [6.45, 7) is 20.1. The van der Waals surface area contributed by atoms with Gasteiger partial charge in [0.05, 0.1) is 38.9 Å². The molecule has 9 nitrogen and oxygen atoms in total. The lowest BCUT2D eigenvalue weighted by Crippen LogP contribution is -2.56. The summed E-state index contributed by atoms with van der Waals surface area (Å²) >= 11 is 0. The van der Waals surface area contributed by atoms with Crippen molar-refractivity contribution in [1.29, 1.82) is 0 Å². The van der Waals surface area contributed by atoms with Gasteiger partial charge in [0.2, 0.25) is 0 Å². The van der Waals surface area contributed by atoms with Crippen LogP contribution in [0, 0.1) is 0 Å². The highest BCUT2D eigenvalue weighted by atomic mass is 31.2. The first kappa shape index (κ1) is 38.3. The van der Waals surface area contributed by atoms with E-state index in [0.717, 1.165) is 5.56 Å². The number of phosphoric ester groups is 1.